The van der Waals surface area contributed by atoms with Crippen LogP contribution in [0.15, 0.2) is 18.2 Å². The summed E-state index contributed by atoms with van der Waals surface area (Å²) in [5.41, 5.74) is 11.1. The van der Waals surface area contributed by atoms with Crippen molar-refractivity contribution in [2.24, 2.45) is 5.73 Å². The van der Waals surface area contributed by atoms with Crippen LogP contribution in [-0.4, -0.2) is 23.5 Å². The number of nitrogens with one attached hydrogen (secondary N) is 1. The third-order valence-corrected chi connectivity index (χ3v) is 1.73. The van der Waals surface area contributed by atoms with Crippen molar-refractivity contribution >= 4 is 11.7 Å². The summed E-state index contributed by atoms with van der Waals surface area (Å²) in [6, 6.07) is 4.85. The largest absolute Gasteiger partial charge is 0.384 e. The molecule has 0 aliphatic carbocycles. The van der Waals surface area contributed by atoms with E-state index in [1.807, 2.05) is 6.92 Å². The highest BCUT2D eigenvalue weighted by Crippen LogP contribution is 2.00. The minimum Gasteiger partial charge on any atom is -0.384 e. The third kappa shape index (κ3) is 2.70. The van der Waals surface area contributed by atoms with Gasteiger partial charge in [-0.2, -0.15) is 0 Å². The lowest BCUT2D eigenvalue weighted by Gasteiger charge is -2.10. The van der Waals surface area contributed by atoms with Gasteiger partial charge in [0.2, 0.25) is 0 Å². The first kappa shape index (κ1) is 10.5. The Hall–Kier alpha value is -1.62. The van der Waals surface area contributed by atoms with E-state index in [0.29, 0.717) is 18.1 Å². The zero-order valence-corrected chi connectivity index (χ0v) is 8.03. The molecule has 5 heteroatoms. The van der Waals surface area contributed by atoms with E-state index in [9.17, 15) is 4.79 Å². The first-order valence-corrected chi connectivity index (χ1v) is 4.37. The Morgan fingerprint density at radius 2 is 2.36 bits per heavy atom. The number of nitrogen functional groups attached to an aromatic ring is 1. The maximum atomic E-state index is 11.5. The molecule has 5 nitrogen and oxygen atoms in total. The number of amides is 1. The van der Waals surface area contributed by atoms with E-state index in [1.165, 1.54) is 0 Å². The molecule has 0 bridgehead atoms. The second kappa shape index (κ2) is 4.57. The van der Waals surface area contributed by atoms with Crippen LogP contribution in [0.25, 0.3) is 0 Å². The number of hydrogen-bond donors (Lipinski definition) is 3. The van der Waals surface area contributed by atoms with E-state index < -0.39 is 0 Å². The van der Waals surface area contributed by atoms with Crippen molar-refractivity contribution in [1.29, 1.82) is 0 Å². The predicted molar refractivity (Wildman–Crippen MR) is 54.6 cm³/mol. The van der Waals surface area contributed by atoms with E-state index in [0.717, 1.165) is 0 Å². The van der Waals surface area contributed by atoms with Gasteiger partial charge in [0.15, 0.2) is 0 Å². The summed E-state index contributed by atoms with van der Waals surface area (Å²) in [5.74, 6) is 0.0771. The molecule has 0 aliphatic heterocycles. The Bertz CT molecular complexity index is 326. The molecular formula is C9H14N4O. The Labute approximate surface area is 82.5 Å². The van der Waals surface area contributed by atoms with Crippen LogP contribution in [-0.2, 0) is 0 Å². The summed E-state index contributed by atoms with van der Waals surface area (Å²) in [5, 5.41) is 2.69. The van der Waals surface area contributed by atoms with Crippen LogP contribution in [0.1, 0.15) is 17.4 Å². The summed E-state index contributed by atoms with van der Waals surface area (Å²) in [7, 11) is 0. The Kier molecular flexibility index (Phi) is 3.41. The molecule has 1 aromatic rings. The molecule has 0 fully saturated rings. The quantitative estimate of drug-likeness (QED) is 0.618. The van der Waals surface area contributed by atoms with Gasteiger partial charge >= 0.3 is 0 Å². The summed E-state index contributed by atoms with van der Waals surface area (Å²) >= 11 is 0. The van der Waals surface area contributed by atoms with Gasteiger partial charge < -0.3 is 16.8 Å². The topological polar surface area (TPSA) is 94.0 Å². The van der Waals surface area contributed by atoms with Gasteiger partial charge in [-0.25, -0.2) is 4.98 Å². The summed E-state index contributed by atoms with van der Waals surface area (Å²) in [6.07, 6.45) is 0. The van der Waals surface area contributed by atoms with Crippen molar-refractivity contribution in [1.82, 2.24) is 10.3 Å². The monoisotopic (exact) mass is 194 g/mol. The number of carbonyl (C=O) groups is 1. The molecule has 14 heavy (non-hydrogen) atoms. The van der Waals surface area contributed by atoms with Gasteiger partial charge in [0, 0.05) is 12.6 Å². The smallest absolute Gasteiger partial charge is 0.270 e. The van der Waals surface area contributed by atoms with E-state index in [2.05, 4.69) is 10.3 Å². The van der Waals surface area contributed by atoms with E-state index in [1.54, 1.807) is 18.2 Å². The molecule has 0 aromatic carbocycles. The summed E-state index contributed by atoms with van der Waals surface area (Å²) in [6.45, 7) is 2.22. The van der Waals surface area contributed by atoms with E-state index in [-0.39, 0.29) is 11.9 Å². The van der Waals surface area contributed by atoms with Gasteiger partial charge in [-0.15, -0.1) is 0 Å². The van der Waals surface area contributed by atoms with Crippen LogP contribution in [0.4, 0.5) is 5.82 Å². The normalized spacial score (nSPS) is 12.1. The summed E-state index contributed by atoms with van der Waals surface area (Å²) < 4.78 is 0. The minimum atomic E-state index is -0.254. The zero-order valence-electron chi connectivity index (χ0n) is 8.03. The minimum absolute atomic E-state index is 0.0641. The third-order valence-electron chi connectivity index (χ3n) is 1.73. The van der Waals surface area contributed by atoms with Gasteiger partial charge in [-0.05, 0) is 19.1 Å². The highest BCUT2D eigenvalue weighted by Gasteiger charge is 2.09. The molecule has 0 radical (unpaired) electrons. The fraction of sp³-hybridized carbons (Fsp3) is 0.333. The SMILES string of the molecule is C[C@H](CN)NC(=O)c1cccc(N)n1. The molecular weight excluding hydrogens is 180 g/mol. The standard InChI is InChI=1S/C9H14N4O/c1-6(5-10)12-9(14)7-3-2-4-8(11)13-7/h2-4,6H,5,10H2,1H3,(H2,11,13)(H,12,14)/t6-/m1/s1. The molecule has 1 atom stereocenters. The molecule has 1 heterocycles. The van der Waals surface area contributed by atoms with Crippen molar-refractivity contribution in [3.05, 3.63) is 23.9 Å². The predicted octanol–water partition coefficient (Wildman–Crippen LogP) is -0.259. The van der Waals surface area contributed by atoms with Crippen molar-refractivity contribution in [2.45, 2.75) is 13.0 Å². The lowest BCUT2D eigenvalue weighted by atomic mass is 10.3. The van der Waals surface area contributed by atoms with Gasteiger partial charge in [0.05, 0.1) is 0 Å². The van der Waals surface area contributed by atoms with Gasteiger partial charge in [-0.3, -0.25) is 4.79 Å². The van der Waals surface area contributed by atoms with Crippen molar-refractivity contribution in [3.8, 4) is 0 Å². The van der Waals surface area contributed by atoms with Gasteiger partial charge in [0.25, 0.3) is 5.91 Å². The van der Waals surface area contributed by atoms with E-state index >= 15 is 0 Å². The summed E-state index contributed by atoms with van der Waals surface area (Å²) in [4.78, 5) is 15.4. The van der Waals surface area contributed by atoms with Crippen molar-refractivity contribution in [3.63, 3.8) is 0 Å². The molecule has 0 aliphatic rings. The molecule has 0 saturated heterocycles. The second-order valence-corrected chi connectivity index (χ2v) is 3.06. The molecule has 1 rings (SSSR count). The van der Waals surface area contributed by atoms with Crippen LogP contribution in [0.2, 0.25) is 0 Å². The van der Waals surface area contributed by atoms with Crippen molar-refractivity contribution in [2.75, 3.05) is 12.3 Å². The zero-order chi connectivity index (χ0) is 10.6. The lowest BCUT2D eigenvalue weighted by molar-refractivity contribution is 0.0936. The van der Waals surface area contributed by atoms with Crippen LogP contribution < -0.4 is 16.8 Å². The molecule has 5 N–H and O–H groups in total. The van der Waals surface area contributed by atoms with E-state index in [4.69, 9.17) is 11.5 Å². The highest BCUT2D eigenvalue weighted by molar-refractivity contribution is 5.92. The van der Waals surface area contributed by atoms with Crippen LogP contribution in [0, 0.1) is 0 Å². The maximum Gasteiger partial charge on any atom is 0.270 e. The number of pyridine rings is 1. The number of hydrogen-bond acceptors (Lipinski definition) is 4. The number of nitrogens with zero attached hydrogens (tertiary/aromatic N) is 1. The Morgan fingerprint density at radius 3 is 2.93 bits per heavy atom. The van der Waals surface area contributed by atoms with Crippen LogP contribution in [0.3, 0.4) is 0 Å². The van der Waals surface area contributed by atoms with Crippen molar-refractivity contribution < 1.29 is 4.79 Å². The average molecular weight is 194 g/mol. The van der Waals surface area contributed by atoms with Crippen LogP contribution in [0.5, 0.6) is 0 Å². The molecule has 1 amide bonds. The first-order valence-electron chi connectivity index (χ1n) is 4.37. The molecule has 0 spiro atoms. The second-order valence-electron chi connectivity index (χ2n) is 3.06. The average Bonchev–Trinajstić information content (AvgIpc) is 2.17. The van der Waals surface area contributed by atoms with Gasteiger partial charge in [-0.1, -0.05) is 6.07 Å². The maximum absolute atomic E-state index is 11.5. The Morgan fingerprint density at radius 1 is 1.64 bits per heavy atom. The number of aromatic nitrogens is 1. The Balaban J connectivity index is 2.70. The number of anilines is 1. The molecule has 0 saturated carbocycles. The number of carbonyl (C=O) groups excluding carboxylic acids is 1. The molecule has 76 valence electrons. The fourth-order valence-electron chi connectivity index (χ4n) is 0.935. The fourth-order valence-corrected chi connectivity index (χ4v) is 0.935. The first-order chi connectivity index (χ1) is 6.63. The number of nitrogens with two attached hydrogens (primary N) is 2. The van der Waals surface area contributed by atoms with Crippen LogP contribution >= 0.6 is 0 Å². The van der Waals surface area contributed by atoms with Gasteiger partial charge in [0.1, 0.15) is 11.5 Å². The molecule has 0 unspecified atom stereocenters. The lowest BCUT2D eigenvalue weighted by Crippen LogP contribution is -2.38. The number of rotatable bonds is 3. The highest BCUT2D eigenvalue weighted by atomic mass is 16.1. The molecule has 1 aromatic heterocycles.